The van der Waals surface area contributed by atoms with Gasteiger partial charge in [0.1, 0.15) is 0 Å². The number of rotatable bonds is 5. The highest BCUT2D eigenvalue weighted by Crippen LogP contribution is 2.35. The predicted molar refractivity (Wildman–Crippen MR) is 112 cm³/mol. The summed E-state index contributed by atoms with van der Waals surface area (Å²) in [6, 6.07) is 12.8. The normalized spacial score (nSPS) is 15.6. The van der Waals surface area contributed by atoms with E-state index in [1.165, 1.54) is 5.01 Å². The summed E-state index contributed by atoms with van der Waals surface area (Å²) in [5, 5.41) is 6.59. The van der Waals surface area contributed by atoms with Crippen molar-refractivity contribution >= 4 is 46.6 Å². The van der Waals surface area contributed by atoms with Gasteiger partial charge in [-0.1, -0.05) is 55.2 Å². The van der Waals surface area contributed by atoms with Gasteiger partial charge in [-0.15, -0.1) is 0 Å². The third kappa shape index (κ3) is 4.34. The molecule has 0 unspecified atom stereocenters. The first-order valence-corrected chi connectivity index (χ1v) is 9.41. The highest BCUT2D eigenvalue weighted by molar-refractivity contribution is 6.37. The van der Waals surface area contributed by atoms with Gasteiger partial charge in [-0.2, -0.15) is 10.1 Å². The van der Waals surface area contributed by atoms with E-state index in [-0.39, 0.29) is 5.91 Å². The van der Waals surface area contributed by atoms with E-state index in [1.54, 1.807) is 25.1 Å². The molecule has 0 aromatic heterocycles. The lowest BCUT2D eigenvalue weighted by atomic mass is 10.1. The van der Waals surface area contributed by atoms with Crippen LogP contribution in [-0.4, -0.2) is 18.2 Å². The maximum absolute atomic E-state index is 12.8. The van der Waals surface area contributed by atoms with Crippen molar-refractivity contribution < 1.29 is 9.53 Å². The van der Waals surface area contributed by atoms with Gasteiger partial charge in [0, 0.05) is 0 Å². The van der Waals surface area contributed by atoms with Crippen LogP contribution in [-0.2, 0) is 4.79 Å². The van der Waals surface area contributed by atoms with Crippen LogP contribution in [0.4, 0.5) is 5.69 Å². The van der Waals surface area contributed by atoms with Gasteiger partial charge in [-0.3, -0.25) is 4.79 Å². The Morgan fingerprint density at radius 1 is 1.15 bits per heavy atom. The molecule has 2 aromatic carbocycles. The van der Waals surface area contributed by atoms with Crippen LogP contribution >= 0.6 is 23.2 Å². The molecule has 1 heterocycles. The van der Waals surface area contributed by atoms with Crippen molar-refractivity contribution in [2.24, 2.45) is 11.0 Å². The molecule has 0 aliphatic carbocycles. The molecule has 6 heteroatoms. The average Bonchev–Trinajstić information content (AvgIpc) is 2.90. The molecule has 0 bridgehead atoms. The first-order valence-electron chi connectivity index (χ1n) is 8.65. The number of hydrogen-bond donors (Lipinski definition) is 0. The van der Waals surface area contributed by atoms with E-state index in [2.05, 4.69) is 5.10 Å². The molecule has 3 rings (SSSR count). The molecule has 0 spiro atoms. The average molecular weight is 403 g/mol. The van der Waals surface area contributed by atoms with Gasteiger partial charge >= 0.3 is 0 Å². The van der Waals surface area contributed by atoms with Crippen molar-refractivity contribution in [3.05, 3.63) is 63.6 Å². The molecule has 0 N–H and O–H groups in total. The molecular formula is C21H20Cl2N2O2. The van der Waals surface area contributed by atoms with E-state index < -0.39 is 0 Å². The molecule has 2 aromatic rings. The molecule has 0 atom stereocenters. The SMILES string of the molecule is CC1=NN(c2ccccc2)C(=O)/C1=C/c1cc(Cl)c(OCC(C)C)c(Cl)c1. The highest BCUT2D eigenvalue weighted by atomic mass is 35.5. The number of carbonyl (C=O) groups excluding carboxylic acids is 1. The number of anilines is 1. The fourth-order valence-electron chi connectivity index (χ4n) is 2.65. The van der Waals surface area contributed by atoms with E-state index in [1.807, 2.05) is 44.2 Å². The predicted octanol–water partition coefficient (Wildman–Crippen LogP) is 5.83. The van der Waals surface area contributed by atoms with Gasteiger partial charge in [0.05, 0.1) is 33.6 Å². The van der Waals surface area contributed by atoms with Gasteiger partial charge < -0.3 is 4.74 Å². The monoisotopic (exact) mass is 402 g/mol. The summed E-state index contributed by atoms with van der Waals surface area (Å²) in [4.78, 5) is 12.8. The number of nitrogens with zero attached hydrogens (tertiary/aromatic N) is 2. The molecule has 0 radical (unpaired) electrons. The zero-order valence-corrected chi connectivity index (χ0v) is 16.9. The second-order valence-corrected chi connectivity index (χ2v) is 7.53. The summed E-state index contributed by atoms with van der Waals surface area (Å²) >= 11 is 12.7. The maximum Gasteiger partial charge on any atom is 0.280 e. The van der Waals surface area contributed by atoms with Crippen LogP contribution in [0.2, 0.25) is 10.0 Å². The van der Waals surface area contributed by atoms with Crippen LogP contribution in [0.5, 0.6) is 5.75 Å². The highest BCUT2D eigenvalue weighted by Gasteiger charge is 2.28. The second-order valence-electron chi connectivity index (χ2n) is 6.71. The number of hydrazone groups is 1. The molecular weight excluding hydrogens is 383 g/mol. The number of benzene rings is 2. The van der Waals surface area contributed by atoms with Gasteiger partial charge in [0.15, 0.2) is 5.75 Å². The Hall–Kier alpha value is -2.30. The smallest absolute Gasteiger partial charge is 0.280 e. The first-order chi connectivity index (χ1) is 12.9. The van der Waals surface area contributed by atoms with Crippen molar-refractivity contribution in [1.82, 2.24) is 0 Å². The van der Waals surface area contributed by atoms with Gasteiger partial charge in [-0.25, -0.2) is 0 Å². The van der Waals surface area contributed by atoms with Crippen molar-refractivity contribution in [3.8, 4) is 5.75 Å². The van der Waals surface area contributed by atoms with Crippen LogP contribution in [0.3, 0.4) is 0 Å². The van der Waals surface area contributed by atoms with Gasteiger partial charge in [0.2, 0.25) is 0 Å². The molecule has 1 aliphatic rings. The largest absolute Gasteiger partial charge is 0.490 e. The second kappa shape index (κ2) is 8.15. The van der Waals surface area contributed by atoms with E-state index in [9.17, 15) is 4.79 Å². The van der Waals surface area contributed by atoms with E-state index in [4.69, 9.17) is 27.9 Å². The molecule has 27 heavy (non-hydrogen) atoms. The Bertz CT molecular complexity index is 898. The number of para-hydroxylation sites is 1. The van der Waals surface area contributed by atoms with Gasteiger partial charge in [-0.05, 0) is 48.7 Å². The molecule has 1 aliphatic heterocycles. The lowest BCUT2D eigenvalue weighted by molar-refractivity contribution is -0.114. The Labute approximate surface area is 169 Å². The lowest BCUT2D eigenvalue weighted by Crippen LogP contribution is -2.21. The minimum Gasteiger partial charge on any atom is -0.490 e. The van der Waals surface area contributed by atoms with Gasteiger partial charge in [0.25, 0.3) is 5.91 Å². The maximum atomic E-state index is 12.8. The topological polar surface area (TPSA) is 41.9 Å². The molecule has 0 saturated carbocycles. The summed E-state index contributed by atoms with van der Waals surface area (Å²) in [6.45, 7) is 6.42. The minimum absolute atomic E-state index is 0.189. The summed E-state index contributed by atoms with van der Waals surface area (Å²) in [7, 11) is 0. The van der Waals surface area contributed by atoms with Crippen LogP contribution in [0, 0.1) is 5.92 Å². The van der Waals surface area contributed by atoms with Crippen LogP contribution in [0.15, 0.2) is 53.1 Å². The summed E-state index contributed by atoms with van der Waals surface area (Å²) in [5.74, 6) is 0.632. The van der Waals surface area contributed by atoms with Crippen LogP contribution in [0.1, 0.15) is 26.3 Å². The minimum atomic E-state index is -0.189. The number of amides is 1. The molecule has 1 amide bonds. The quantitative estimate of drug-likeness (QED) is 0.589. The summed E-state index contributed by atoms with van der Waals surface area (Å²) in [5.41, 5.74) is 2.58. The number of halogens is 2. The molecule has 0 fully saturated rings. The summed E-state index contributed by atoms with van der Waals surface area (Å²) in [6.07, 6.45) is 1.74. The van der Waals surface area contributed by atoms with Crippen LogP contribution < -0.4 is 9.75 Å². The fourth-order valence-corrected chi connectivity index (χ4v) is 3.26. The Kier molecular flexibility index (Phi) is 5.88. The Morgan fingerprint density at radius 3 is 2.37 bits per heavy atom. The Balaban J connectivity index is 1.89. The number of ether oxygens (including phenoxy) is 1. The number of carbonyl (C=O) groups is 1. The molecule has 4 nitrogen and oxygen atoms in total. The van der Waals surface area contributed by atoms with E-state index in [0.717, 1.165) is 11.3 Å². The summed E-state index contributed by atoms with van der Waals surface area (Å²) < 4.78 is 5.69. The van der Waals surface area contributed by atoms with E-state index >= 15 is 0 Å². The van der Waals surface area contributed by atoms with Crippen molar-refractivity contribution in [3.63, 3.8) is 0 Å². The van der Waals surface area contributed by atoms with Crippen molar-refractivity contribution in [1.29, 1.82) is 0 Å². The third-order valence-corrected chi connectivity index (χ3v) is 4.52. The van der Waals surface area contributed by atoms with Crippen molar-refractivity contribution in [2.45, 2.75) is 20.8 Å². The Morgan fingerprint density at radius 2 is 1.78 bits per heavy atom. The molecule has 0 saturated heterocycles. The first kappa shape index (κ1) is 19.5. The fraction of sp³-hybridized carbons (Fsp3) is 0.238. The van der Waals surface area contributed by atoms with E-state index in [0.29, 0.717) is 39.6 Å². The van der Waals surface area contributed by atoms with Crippen LogP contribution in [0.25, 0.3) is 6.08 Å². The standard InChI is InChI=1S/C21H20Cl2N2O2/c1-13(2)12-27-20-18(22)10-15(11-19(20)23)9-17-14(3)24-25(21(17)26)16-7-5-4-6-8-16/h4-11,13H,12H2,1-3H3/b17-9+. The zero-order chi connectivity index (χ0) is 19.6. The zero-order valence-electron chi connectivity index (χ0n) is 15.4. The molecule has 140 valence electrons. The number of hydrogen-bond acceptors (Lipinski definition) is 3. The van der Waals surface area contributed by atoms with Crippen molar-refractivity contribution in [2.75, 3.05) is 11.6 Å². The lowest BCUT2D eigenvalue weighted by Gasteiger charge is -2.13. The third-order valence-electron chi connectivity index (χ3n) is 3.96.